The Balaban J connectivity index is 1.96. The minimum absolute atomic E-state index is 0.00607. The summed E-state index contributed by atoms with van der Waals surface area (Å²) >= 11 is 0. The second-order valence-corrected chi connectivity index (χ2v) is 7.89. The zero-order valence-electron chi connectivity index (χ0n) is 17.0. The van der Waals surface area contributed by atoms with Crippen LogP contribution in [-0.2, 0) is 27.5 Å². The Bertz CT molecular complexity index is 959. The zero-order chi connectivity index (χ0) is 23.7. The molecule has 1 atom stereocenters. The molecule has 1 saturated carbocycles. The summed E-state index contributed by atoms with van der Waals surface area (Å²) in [6, 6.07) is 6.15. The van der Waals surface area contributed by atoms with Crippen LogP contribution in [0.5, 0.6) is 0 Å². The highest BCUT2D eigenvalue weighted by molar-refractivity contribution is 5.85. The molecule has 2 aromatic rings. The first-order valence-corrected chi connectivity index (χ1v) is 9.86. The molecule has 4 nitrogen and oxygen atoms in total. The second-order valence-electron chi connectivity index (χ2n) is 7.89. The topological polar surface area (TPSA) is 59.1 Å². The van der Waals surface area contributed by atoms with E-state index in [1.54, 1.807) is 18.2 Å². The number of nitrogens with zero attached hydrogens (tertiary/aromatic N) is 1. The van der Waals surface area contributed by atoms with E-state index in [0.29, 0.717) is 17.8 Å². The Labute approximate surface area is 180 Å². The van der Waals surface area contributed by atoms with Crippen molar-refractivity contribution in [1.82, 2.24) is 10.3 Å². The summed E-state index contributed by atoms with van der Waals surface area (Å²) in [4.78, 5) is 29.0. The number of halogens is 6. The van der Waals surface area contributed by atoms with Crippen LogP contribution in [0.15, 0.2) is 42.6 Å². The largest absolute Gasteiger partial charge is 0.416 e. The fourth-order valence-electron chi connectivity index (χ4n) is 3.77. The first-order chi connectivity index (χ1) is 14.8. The van der Waals surface area contributed by atoms with E-state index in [4.69, 9.17) is 0 Å². The van der Waals surface area contributed by atoms with Crippen LogP contribution in [0.3, 0.4) is 0 Å². The summed E-state index contributed by atoms with van der Waals surface area (Å²) in [5.74, 6) is -2.05. The van der Waals surface area contributed by atoms with E-state index in [0.717, 1.165) is 0 Å². The maximum atomic E-state index is 13.2. The number of Topliss-reactive ketones (excluding diaryl/α,β-unsaturated/α-hetero) is 1. The number of hydrogen-bond acceptors (Lipinski definition) is 3. The van der Waals surface area contributed by atoms with Crippen LogP contribution in [0.4, 0.5) is 26.3 Å². The van der Waals surface area contributed by atoms with Crippen LogP contribution in [0.2, 0.25) is 0 Å². The van der Waals surface area contributed by atoms with Crippen molar-refractivity contribution in [2.24, 2.45) is 0 Å². The van der Waals surface area contributed by atoms with Gasteiger partial charge in [-0.3, -0.25) is 14.6 Å². The molecule has 0 radical (unpaired) electrons. The van der Waals surface area contributed by atoms with Crippen molar-refractivity contribution in [3.05, 3.63) is 65.0 Å². The summed E-state index contributed by atoms with van der Waals surface area (Å²) in [5, 5.41) is 2.77. The molecule has 1 aliphatic carbocycles. The number of hydrogen-bond donors (Lipinski definition) is 1. The van der Waals surface area contributed by atoms with Gasteiger partial charge >= 0.3 is 12.4 Å². The van der Waals surface area contributed by atoms with E-state index >= 15 is 0 Å². The molecule has 1 aliphatic rings. The summed E-state index contributed by atoms with van der Waals surface area (Å²) in [5.41, 5.74) is -3.93. The Kier molecular flexibility index (Phi) is 6.35. The number of benzene rings is 1. The van der Waals surface area contributed by atoms with Crippen LogP contribution >= 0.6 is 0 Å². The van der Waals surface area contributed by atoms with Crippen LogP contribution in [0.25, 0.3) is 0 Å². The second kappa shape index (κ2) is 8.55. The maximum absolute atomic E-state index is 13.2. The summed E-state index contributed by atoms with van der Waals surface area (Å²) < 4.78 is 79.1. The highest BCUT2D eigenvalue weighted by Crippen LogP contribution is 2.39. The number of alkyl halides is 6. The molecule has 1 aromatic carbocycles. The first kappa shape index (κ1) is 23.7. The molecule has 0 saturated heterocycles. The molecule has 1 N–H and O–H groups in total. The van der Waals surface area contributed by atoms with E-state index < -0.39 is 46.4 Å². The fourth-order valence-corrected chi connectivity index (χ4v) is 3.77. The van der Waals surface area contributed by atoms with Crippen LogP contribution in [0, 0.1) is 0 Å². The monoisotopic (exact) mass is 458 g/mol. The molecule has 1 unspecified atom stereocenters. The number of carbonyl (C=O) groups excluding carboxylic acids is 2. The molecule has 1 fully saturated rings. The standard InChI is InChI=1S/C22H20F6N2O2/c1-13(14-10-15(21(23,24)25)12-16(11-14)22(26,27)28)19(32)30-20(7-5-17(31)6-8-20)18-4-2-3-9-29-18/h2-4,9-13H,5-8H2,1H3,(H,30,32). The molecule has 3 rings (SSSR count). The molecule has 0 bridgehead atoms. The van der Waals surface area contributed by atoms with Gasteiger partial charge in [0.05, 0.1) is 28.3 Å². The molecule has 172 valence electrons. The number of rotatable bonds is 4. The molecule has 32 heavy (non-hydrogen) atoms. The molecule has 1 aromatic heterocycles. The number of pyridine rings is 1. The average Bonchev–Trinajstić information content (AvgIpc) is 2.74. The van der Waals surface area contributed by atoms with Gasteiger partial charge in [-0.25, -0.2) is 0 Å². The van der Waals surface area contributed by atoms with Gasteiger partial charge in [0.15, 0.2) is 0 Å². The van der Waals surface area contributed by atoms with Crippen molar-refractivity contribution in [2.75, 3.05) is 0 Å². The minimum atomic E-state index is -5.01. The van der Waals surface area contributed by atoms with Crippen molar-refractivity contribution >= 4 is 11.7 Å². The number of nitrogens with one attached hydrogen (secondary N) is 1. The lowest BCUT2D eigenvalue weighted by Gasteiger charge is -2.38. The summed E-state index contributed by atoms with van der Waals surface area (Å²) in [6.45, 7) is 1.24. The van der Waals surface area contributed by atoms with Crippen molar-refractivity contribution in [1.29, 1.82) is 0 Å². The molecule has 0 spiro atoms. The average molecular weight is 458 g/mol. The third kappa shape index (κ3) is 5.11. The van der Waals surface area contributed by atoms with Gasteiger partial charge in [-0.05, 0) is 55.7 Å². The molecular weight excluding hydrogens is 438 g/mol. The molecule has 1 heterocycles. The predicted molar refractivity (Wildman–Crippen MR) is 102 cm³/mol. The van der Waals surface area contributed by atoms with E-state index in [2.05, 4.69) is 10.3 Å². The fraction of sp³-hybridized carbons (Fsp3) is 0.409. The lowest BCUT2D eigenvalue weighted by atomic mass is 9.78. The van der Waals surface area contributed by atoms with Gasteiger partial charge in [0, 0.05) is 19.0 Å². The summed E-state index contributed by atoms with van der Waals surface area (Å²) in [7, 11) is 0. The van der Waals surface area contributed by atoms with Crippen molar-refractivity contribution in [3.8, 4) is 0 Å². The molecule has 0 aliphatic heterocycles. The van der Waals surface area contributed by atoms with Gasteiger partial charge < -0.3 is 5.32 Å². The predicted octanol–water partition coefficient (Wildman–Crippen LogP) is 5.38. The third-order valence-corrected chi connectivity index (χ3v) is 5.68. The minimum Gasteiger partial charge on any atom is -0.344 e. The highest BCUT2D eigenvalue weighted by Gasteiger charge is 2.41. The van der Waals surface area contributed by atoms with Crippen LogP contribution in [-0.4, -0.2) is 16.7 Å². The molecule has 1 amide bonds. The van der Waals surface area contributed by atoms with E-state index in [9.17, 15) is 35.9 Å². The number of ketones is 1. The van der Waals surface area contributed by atoms with Gasteiger partial charge in [-0.15, -0.1) is 0 Å². The summed E-state index contributed by atoms with van der Waals surface area (Å²) in [6.07, 6.45) is -7.70. The Morgan fingerprint density at radius 2 is 1.56 bits per heavy atom. The zero-order valence-corrected chi connectivity index (χ0v) is 17.0. The lowest BCUT2D eigenvalue weighted by molar-refractivity contribution is -0.143. The molecular formula is C22H20F6N2O2. The Morgan fingerprint density at radius 1 is 1.00 bits per heavy atom. The van der Waals surface area contributed by atoms with Crippen LogP contribution in [0.1, 0.15) is 60.9 Å². The Hall–Kier alpha value is -2.91. The lowest BCUT2D eigenvalue weighted by Crippen LogP contribution is -2.50. The van der Waals surface area contributed by atoms with Gasteiger partial charge in [-0.2, -0.15) is 26.3 Å². The maximum Gasteiger partial charge on any atom is 0.416 e. The van der Waals surface area contributed by atoms with Crippen LogP contribution < -0.4 is 5.32 Å². The number of carbonyl (C=O) groups is 2. The smallest absolute Gasteiger partial charge is 0.344 e. The van der Waals surface area contributed by atoms with Gasteiger partial charge in [0.25, 0.3) is 0 Å². The van der Waals surface area contributed by atoms with Crippen molar-refractivity contribution < 1.29 is 35.9 Å². The quantitative estimate of drug-likeness (QED) is 0.626. The van der Waals surface area contributed by atoms with Gasteiger partial charge in [0.1, 0.15) is 5.78 Å². The first-order valence-electron chi connectivity index (χ1n) is 9.86. The number of aromatic nitrogens is 1. The third-order valence-electron chi connectivity index (χ3n) is 5.68. The van der Waals surface area contributed by atoms with Gasteiger partial charge in [0.2, 0.25) is 5.91 Å². The SMILES string of the molecule is CC(C(=O)NC1(c2ccccn2)CCC(=O)CC1)c1cc(C(F)(F)F)cc(C(F)(F)F)c1. The molecule has 10 heteroatoms. The number of amides is 1. The van der Waals surface area contributed by atoms with Crippen molar-refractivity contribution in [3.63, 3.8) is 0 Å². The highest BCUT2D eigenvalue weighted by atomic mass is 19.4. The Morgan fingerprint density at radius 3 is 2.03 bits per heavy atom. The van der Waals surface area contributed by atoms with Crippen molar-refractivity contribution in [2.45, 2.75) is 56.4 Å². The van der Waals surface area contributed by atoms with Gasteiger partial charge in [-0.1, -0.05) is 6.07 Å². The van der Waals surface area contributed by atoms with E-state index in [1.807, 2.05) is 0 Å². The van der Waals surface area contributed by atoms with E-state index in [-0.39, 0.29) is 37.5 Å². The normalized spacial score (nSPS) is 17.7. The van der Waals surface area contributed by atoms with E-state index in [1.165, 1.54) is 13.1 Å².